The summed E-state index contributed by atoms with van der Waals surface area (Å²) in [4.78, 5) is 11.6. The summed E-state index contributed by atoms with van der Waals surface area (Å²) in [6.45, 7) is 4.24. The van der Waals surface area contributed by atoms with E-state index in [-0.39, 0.29) is 5.91 Å². The summed E-state index contributed by atoms with van der Waals surface area (Å²) in [6, 6.07) is 7.88. The monoisotopic (exact) mass is 250 g/mol. The number of anilines is 1. The summed E-state index contributed by atoms with van der Waals surface area (Å²) in [5.74, 6) is 2.47. The van der Waals surface area contributed by atoms with Crippen LogP contribution in [0, 0.1) is 12.8 Å². The van der Waals surface area contributed by atoms with E-state index in [1.807, 2.05) is 31.2 Å². The molecule has 0 bridgehead atoms. The second-order valence-corrected chi connectivity index (χ2v) is 5.48. The average molecular weight is 250 g/mol. The number of hydrogen-bond acceptors (Lipinski definition) is 3. The lowest BCUT2D eigenvalue weighted by atomic mass is 10.1. The highest BCUT2D eigenvalue weighted by atomic mass is 32.2. The molecule has 1 amide bonds. The average Bonchev–Trinajstić information content (AvgIpc) is 2.25. The summed E-state index contributed by atoms with van der Waals surface area (Å²) in [6.07, 6.45) is 0. The van der Waals surface area contributed by atoms with Gasteiger partial charge >= 0.3 is 0 Å². The van der Waals surface area contributed by atoms with Crippen LogP contribution in [0.3, 0.4) is 0 Å². The molecule has 1 fully saturated rings. The first kappa shape index (κ1) is 12.5. The predicted octanol–water partition coefficient (Wildman–Crippen LogP) is 1.89. The van der Waals surface area contributed by atoms with Crippen LogP contribution in [-0.4, -0.2) is 30.5 Å². The van der Waals surface area contributed by atoms with Gasteiger partial charge < -0.3 is 10.6 Å². The molecule has 1 aromatic rings. The van der Waals surface area contributed by atoms with Crippen LogP contribution in [0.15, 0.2) is 24.3 Å². The molecule has 1 aliphatic rings. The van der Waals surface area contributed by atoms with E-state index in [2.05, 4.69) is 10.6 Å². The number of rotatable bonds is 5. The summed E-state index contributed by atoms with van der Waals surface area (Å²) in [5, 5.41) is 6.13. The molecule has 0 saturated carbocycles. The Morgan fingerprint density at radius 3 is 2.71 bits per heavy atom. The molecule has 3 nitrogen and oxygen atoms in total. The standard InChI is InChI=1S/C13H18N2OS/c1-10-2-4-12(5-3-10)15-13(16)9-17-8-11-6-14-7-11/h2-5,11,14H,6-9H2,1H3,(H,15,16). The molecular formula is C13H18N2OS. The lowest BCUT2D eigenvalue weighted by Crippen LogP contribution is -2.43. The Bertz CT molecular complexity index is 374. The van der Waals surface area contributed by atoms with Gasteiger partial charge in [-0.2, -0.15) is 11.8 Å². The summed E-state index contributed by atoms with van der Waals surface area (Å²) in [7, 11) is 0. The lowest BCUT2D eigenvalue weighted by Gasteiger charge is -2.26. The van der Waals surface area contributed by atoms with Crippen molar-refractivity contribution in [3.63, 3.8) is 0 Å². The van der Waals surface area contributed by atoms with Crippen molar-refractivity contribution in [2.75, 3.05) is 29.9 Å². The molecule has 0 aliphatic carbocycles. The number of benzene rings is 1. The van der Waals surface area contributed by atoms with Gasteiger partial charge in [0.1, 0.15) is 0 Å². The van der Waals surface area contributed by atoms with Gasteiger partial charge in [-0.25, -0.2) is 0 Å². The third-order valence-corrected chi connectivity index (χ3v) is 3.96. The zero-order valence-corrected chi connectivity index (χ0v) is 10.8. The van der Waals surface area contributed by atoms with Crippen molar-refractivity contribution < 1.29 is 4.79 Å². The quantitative estimate of drug-likeness (QED) is 0.838. The minimum absolute atomic E-state index is 0.0890. The highest BCUT2D eigenvalue weighted by Gasteiger charge is 2.16. The Labute approximate surface area is 106 Å². The zero-order valence-electron chi connectivity index (χ0n) is 10.0. The molecule has 0 unspecified atom stereocenters. The molecule has 17 heavy (non-hydrogen) atoms. The number of carbonyl (C=O) groups excluding carboxylic acids is 1. The van der Waals surface area contributed by atoms with Gasteiger partial charge in [-0.1, -0.05) is 17.7 Å². The van der Waals surface area contributed by atoms with Crippen LogP contribution in [0.5, 0.6) is 0 Å². The third kappa shape index (κ3) is 4.06. The maximum absolute atomic E-state index is 11.6. The van der Waals surface area contributed by atoms with E-state index in [4.69, 9.17) is 0 Å². The van der Waals surface area contributed by atoms with Crippen LogP contribution in [-0.2, 0) is 4.79 Å². The molecule has 1 saturated heterocycles. The largest absolute Gasteiger partial charge is 0.325 e. The lowest BCUT2D eigenvalue weighted by molar-refractivity contribution is -0.113. The predicted molar refractivity (Wildman–Crippen MR) is 73.5 cm³/mol. The molecule has 2 N–H and O–H groups in total. The number of amides is 1. The van der Waals surface area contributed by atoms with Crippen molar-refractivity contribution in [3.8, 4) is 0 Å². The minimum atomic E-state index is 0.0890. The van der Waals surface area contributed by atoms with Crippen molar-refractivity contribution in [2.45, 2.75) is 6.92 Å². The van der Waals surface area contributed by atoms with Crippen LogP contribution in [0.1, 0.15) is 5.56 Å². The molecule has 4 heteroatoms. The SMILES string of the molecule is Cc1ccc(NC(=O)CSCC2CNC2)cc1. The molecular weight excluding hydrogens is 232 g/mol. The summed E-state index contributed by atoms with van der Waals surface area (Å²) in [5.41, 5.74) is 2.08. The number of thioether (sulfide) groups is 1. The molecule has 2 rings (SSSR count). The smallest absolute Gasteiger partial charge is 0.234 e. The normalized spacial score (nSPS) is 15.4. The van der Waals surface area contributed by atoms with Crippen molar-refractivity contribution >= 4 is 23.4 Å². The highest BCUT2D eigenvalue weighted by molar-refractivity contribution is 7.99. The van der Waals surface area contributed by atoms with Crippen molar-refractivity contribution in [3.05, 3.63) is 29.8 Å². The van der Waals surface area contributed by atoms with Crippen LogP contribution in [0.4, 0.5) is 5.69 Å². The van der Waals surface area contributed by atoms with Gasteiger partial charge in [0.15, 0.2) is 0 Å². The van der Waals surface area contributed by atoms with Gasteiger partial charge in [-0.05, 0) is 43.8 Å². The topological polar surface area (TPSA) is 41.1 Å². The van der Waals surface area contributed by atoms with E-state index in [0.717, 1.165) is 30.4 Å². The molecule has 92 valence electrons. The number of aryl methyl sites for hydroxylation is 1. The van der Waals surface area contributed by atoms with Crippen LogP contribution < -0.4 is 10.6 Å². The highest BCUT2D eigenvalue weighted by Crippen LogP contribution is 2.13. The van der Waals surface area contributed by atoms with E-state index < -0.39 is 0 Å². The Balaban J connectivity index is 1.67. The van der Waals surface area contributed by atoms with E-state index in [0.29, 0.717) is 5.75 Å². The first-order chi connectivity index (χ1) is 8.24. The van der Waals surface area contributed by atoms with E-state index in [1.165, 1.54) is 5.56 Å². The fraction of sp³-hybridized carbons (Fsp3) is 0.462. The van der Waals surface area contributed by atoms with Crippen LogP contribution >= 0.6 is 11.8 Å². The summed E-state index contributed by atoms with van der Waals surface area (Å²) < 4.78 is 0. The Morgan fingerprint density at radius 1 is 1.41 bits per heavy atom. The number of carbonyl (C=O) groups is 1. The van der Waals surface area contributed by atoms with Crippen molar-refractivity contribution in [2.24, 2.45) is 5.92 Å². The third-order valence-electron chi connectivity index (χ3n) is 2.79. The van der Waals surface area contributed by atoms with Crippen molar-refractivity contribution in [1.82, 2.24) is 5.32 Å². The first-order valence-corrected chi connectivity index (χ1v) is 7.04. The second-order valence-electron chi connectivity index (χ2n) is 4.45. The fourth-order valence-corrected chi connectivity index (χ4v) is 2.56. The van der Waals surface area contributed by atoms with Gasteiger partial charge in [0, 0.05) is 5.69 Å². The van der Waals surface area contributed by atoms with Crippen molar-refractivity contribution in [1.29, 1.82) is 0 Å². The van der Waals surface area contributed by atoms with E-state index in [1.54, 1.807) is 11.8 Å². The van der Waals surface area contributed by atoms with Gasteiger partial charge in [0.25, 0.3) is 0 Å². The van der Waals surface area contributed by atoms with E-state index >= 15 is 0 Å². The maximum atomic E-state index is 11.6. The minimum Gasteiger partial charge on any atom is -0.325 e. The molecule has 0 aromatic heterocycles. The Morgan fingerprint density at radius 2 is 2.12 bits per heavy atom. The first-order valence-electron chi connectivity index (χ1n) is 5.89. The van der Waals surface area contributed by atoms with Gasteiger partial charge in [-0.3, -0.25) is 4.79 Å². The molecule has 0 spiro atoms. The van der Waals surface area contributed by atoms with Crippen LogP contribution in [0.2, 0.25) is 0 Å². The zero-order chi connectivity index (χ0) is 12.1. The van der Waals surface area contributed by atoms with E-state index in [9.17, 15) is 4.79 Å². The molecule has 1 aromatic carbocycles. The molecule has 0 radical (unpaired) electrons. The maximum Gasteiger partial charge on any atom is 0.234 e. The van der Waals surface area contributed by atoms with Gasteiger partial charge in [0.05, 0.1) is 5.75 Å². The fourth-order valence-electron chi connectivity index (χ4n) is 1.62. The van der Waals surface area contributed by atoms with Crippen LogP contribution in [0.25, 0.3) is 0 Å². The van der Waals surface area contributed by atoms with Gasteiger partial charge in [-0.15, -0.1) is 0 Å². The number of nitrogens with one attached hydrogen (secondary N) is 2. The number of hydrogen-bond donors (Lipinski definition) is 2. The van der Waals surface area contributed by atoms with Gasteiger partial charge in [0.2, 0.25) is 5.91 Å². The molecule has 0 atom stereocenters. The summed E-state index contributed by atoms with van der Waals surface area (Å²) >= 11 is 1.72. The Hall–Kier alpha value is -1.00. The second kappa shape index (κ2) is 6.07. The molecule has 1 heterocycles. The Kier molecular flexibility index (Phi) is 4.45. The molecule has 1 aliphatic heterocycles.